The fourth-order valence-corrected chi connectivity index (χ4v) is 3.90. The second kappa shape index (κ2) is 8.92. The maximum atomic E-state index is 12.7. The van der Waals surface area contributed by atoms with Gasteiger partial charge in [0.25, 0.3) is 5.91 Å². The first-order valence-electron chi connectivity index (χ1n) is 10.5. The molecular formula is C25H20ClN7O. The van der Waals surface area contributed by atoms with Crippen LogP contribution in [0.25, 0.3) is 22.3 Å². The van der Waals surface area contributed by atoms with Crippen molar-refractivity contribution in [3.8, 4) is 11.3 Å². The zero-order valence-electron chi connectivity index (χ0n) is 18.2. The van der Waals surface area contributed by atoms with Gasteiger partial charge in [0.1, 0.15) is 23.7 Å². The molecule has 34 heavy (non-hydrogen) atoms. The third-order valence-electron chi connectivity index (χ3n) is 5.41. The fraction of sp³-hybridized carbons (Fsp3) is 0.0800. The number of nitrogen functional groups attached to an aromatic ring is 1. The smallest absolute Gasteiger partial charge is 0.256 e. The van der Waals surface area contributed by atoms with E-state index in [1.165, 1.54) is 6.33 Å². The molecule has 1 amide bonds. The number of benzene rings is 2. The Morgan fingerprint density at radius 2 is 1.85 bits per heavy atom. The van der Waals surface area contributed by atoms with Gasteiger partial charge in [0.2, 0.25) is 0 Å². The van der Waals surface area contributed by atoms with E-state index in [4.69, 9.17) is 22.4 Å². The molecule has 9 heteroatoms. The van der Waals surface area contributed by atoms with Gasteiger partial charge in [-0.15, -0.1) is 0 Å². The van der Waals surface area contributed by atoms with Crippen molar-refractivity contribution in [3.63, 3.8) is 0 Å². The van der Waals surface area contributed by atoms with Crippen molar-refractivity contribution >= 4 is 40.2 Å². The van der Waals surface area contributed by atoms with E-state index in [0.29, 0.717) is 45.5 Å². The Kier molecular flexibility index (Phi) is 5.65. The average Bonchev–Trinajstić information content (AvgIpc) is 3.20. The van der Waals surface area contributed by atoms with Crippen molar-refractivity contribution in [2.75, 3.05) is 11.1 Å². The summed E-state index contributed by atoms with van der Waals surface area (Å²) in [4.78, 5) is 25.4. The molecule has 0 saturated heterocycles. The molecule has 0 spiro atoms. The van der Waals surface area contributed by atoms with Crippen LogP contribution in [0.2, 0.25) is 5.02 Å². The molecule has 0 aliphatic heterocycles. The lowest BCUT2D eigenvalue weighted by Gasteiger charge is -2.06. The predicted octanol–water partition coefficient (Wildman–Crippen LogP) is 4.73. The normalized spacial score (nSPS) is 11.0. The molecule has 2 aromatic carbocycles. The highest BCUT2D eigenvalue weighted by atomic mass is 35.5. The van der Waals surface area contributed by atoms with Gasteiger partial charge >= 0.3 is 0 Å². The summed E-state index contributed by atoms with van der Waals surface area (Å²) in [5.41, 5.74) is 10.7. The molecule has 0 radical (unpaired) electrons. The highest BCUT2D eigenvalue weighted by Crippen LogP contribution is 2.31. The Morgan fingerprint density at radius 1 is 1.06 bits per heavy atom. The van der Waals surface area contributed by atoms with Crippen LogP contribution in [0.15, 0.2) is 73.2 Å². The Balaban J connectivity index is 1.48. The van der Waals surface area contributed by atoms with E-state index < -0.39 is 0 Å². The van der Waals surface area contributed by atoms with Gasteiger partial charge in [-0.25, -0.2) is 19.6 Å². The molecule has 168 valence electrons. The first-order valence-corrected chi connectivity index (χ1v) is 10.9. The number of hydrogen-bond acceptors (Lipinski definition) is 6. The first-order chi connectivity index (χ1) is 16.5. The maximum Gasteiger partial charge on any atom is 0.256 e. The number of fused-ring (bicyclic) bond motifs is 1. The Bertz CT molecular complexity index is 1510. The standard InChI is InChI=1S/C25H20ClN7O/c1-15-10-11-28-20(12-15)31-25(34)17-8-6-16(7-9-17)22-21-23(27)29-14-30-24(21)33(32-22)13-18-4-2-3-5-19(18)26/h2-12,14H,13H2,1H3,(H2,27,29,30)(H,28,31,34). The number of halogens is 1. The number of pyridine rings is 1. The van der Waals surface area contributed by atoms with Crippen LogP contribution in [0.4, 0.5) is 11.6 Å². The number of carbonyl (C=O) groups excluding carboxylic acids is 1. The van der Waals surface area contributed by atoms with Gasteiger partial charge in [0.05, 0.1) is 11.9 Å². The van der Waals surface area contributed by atoms with E-state index in [2.05, 4.69) is 20.3 Å². The van der Waals surface area contributed by atoms with Crippen LogP contribution in [-0.4, -0.2) is 30.6 Å². The number of hydrogen-bond donors (Lipinski definition) is 2. The molecule has 3 heterocycles. The second-order valence-electron chi connectivity index (χ2n) is 7.81. The predicted molar refractivity (Wildman–Crippen MR) is 133 cm³/mol. The highest BCUT2D eigenvalue weighted by Gasteiger charge is 2.18. The molecular weight excluding hydrogens is 450 g/mol. The van der Waals surface area contributed by atoms with E-state index in [1.807, 2.05) is 55.5 Å². The lowest BCUT2D eigenvalue weighted by Crippen LogP contribution is -2.12. The van der Waals surface area contributed by atoms with E-state index >= 15 is 0 Å². The number of nitrogens with two attached hydrogens (primary N) is 1. The number of nitrogens with one attached hydrogen (secondary N) is 1. The van der Waals surface area contributed by atoms with Crippen molar-refractivity contribution in [1.82, 2.24) is 24.7 Å². The maximum absolute atomic E-state index is 12.7. The number of anilines is 2. The van der Waals surface area contributed by atoms with Crippen molar-refractivity contribution in [2.24, 2.45) is 0 Å². The number of rotatable bonds is 5. The van der Waals surface area contributed by atoms with E-state index in [-0.39, 0.29) is 5.91 Å². The summed E-state index contributed by atoms with van der Waals surface area (Å²) < 4.78 is 1.76. The third kappa shape index (κ3) is 4.18. The van der Waals surface area contributed by atoms with Crippen molar-refractivity contribution in [2.45, 2.75) is 13.5 Å². The largest absolute Gasteiger partial charge is 0.383 e. The Hall–Kier alpha value is -4.30. The lowest BCUT2D eigenvalue weighted by molar-refractivity contribution is 0.102. The van der Waals surface area contributed by atoms with Crippen molar-refractivity contribution < 1.29 is 4.79 Å². The summed E-state index contributed by atoms with van der Waals surface area (Å²) in [5.74, 6) is 0.586. The van der Waals surface area contributed by atoms with Gasteiger partial charge < -0.3 is 11.1 Å². The quantitative estimate of drug-likeness (QED) is 0.384. The minimum atomic E-state index is -0.249. The number of carbonyl (C=O) groups is 1. The zero-order valence-corrected chi connectivity index (χ0v) is 19.0. The molecule has 0 unspecified atom stereocenters. The molecule has 3 N–H and O–H groups in total. The van der Waals surface area contributed by atoms with Crippen molar-refractivity contribution in [1.29, 1.82) is 0 Å². The monoisotopic (exact) mass is 469 g/mol. The SMILES string of the molecule is Cc1ccnc(NC(=O)c2ccc(-c3nn(Cc4ccccc4Cl)c4ncnc(N)c34)cc2)c1. The van der Waals surface area contributed by atoms with Crippen LogP contribution >= 0.6 is 11.6 Å². The molecule has 8 nitrogen and oxygen atoms in total. The van der Waals surface area contributed by atoms with Gasteiger partial charge in [-0.1, -0.05) is 41.9 Å². The number of aromatic nitrogens is 5. The molecule has 5 aromatic rings. The van der Waals surface area contributed by atoms with Crippen LogP contribution in [0.5, 0.6) is 0 Å². The van der Waals surface area contributed by atoms with Gasteiger partial charge in [-0.2, -0.15) is 5.10 Å². The number of amides is 1. The summed E-state index contributed by atoms with van der Waals surface area (Å²) in [5, 5.41) is 8.88. The van der Waals surface area contributed by atoms with E-state index in [1.54, 1.807) is 23.0 Å². The van der Waals surface area contributed by atoms with Gasteiger partial charge in [0, 0.05) is 22.3 Å². The summed E-state index contributed by atoms with van der Waals surface area (Å²) in [6, 6.07) is 18.4. The van der Waals surface area contributed by atoms with Crippen LogP contribution in [0, 0.1) is 6.92 Å². The fourth-order valence-electron chi connectivity index (χ4n) is 3.70. The molecule has 0 fully saturated rings. The lowest BCUT2D eigenvalue weighted by atomic mass is 10.1. The molecule has 0 saturated carbocycles. The van der Waals surface area contributed by atoms with Crippen LogP contribution < -0.4 is 11.1 Å². The molecule has 3 aromatic heterocycles. The first kappa shape index (κ1) is 21.5. The van der Waals surface area contributed by atoms with Crippen molar-refractivity contribution in [3.05, 3.63) is 94.9 Å². The van der Waals surface area contributed by atoms with Gasteiger partial charge in [-0.3, -0.25) is 4.79 Å². The average molecular weight is 470 g/mol. The Labute approximate surface area is 200 Å². The molecule has 0 aliphatic carbocycles. The molecule has 0 aliphatic rings. The summed E-state index contributed by atoms with van der Waals surface area (Å²) in [6.45, 7) is 2.37. The minimum Gasteiger partial charge on any atom is -0.383 e. The van der Waals surface area contributed by atoms with Crippen LogP contribution in [0.1, 0.15) is 21.5 Å². The topological polar surface area (TPSA) is 112 Å². The van der Waals surface area contributed by atoms with Crippen LogP contribution in [0.3, 0.4) is 0 Å². The van der Waals surface area contributed by atoms with E-state index in [9.17, 15) is 4.79 Å². The highest BCUT2D eigenvalue weighted by molar-refractivity contribution is 6.31. The Morgan fingerprint density at radius 3 is 2.62 bits per heavy atom. The zero-order chi connectivity index (χ0) is 23.7. The number of nitrogens with zero attached hydrogens (tertiary/aromatic N) is 5. The summed E-state index contributed by atoms with van der Waals surface area (Å²) in [7, 11) is 0. The minimum absolute atomic E-state index is 0.249. The second-order valence-corrected chi connectivity index (χ2v) is 8.21. The van der Waals surface area contributed by atoms with Gasteiger partial charge in [0.15, 0.2) is 5.65 Å². The molecule has 5 rings (SSSR count). The number of aryl methyl sites for hydroxylation is 1. The van der Waals surface area contributed by atoms with Crippen LogP contribution in [-0.2, 0) is 6.54 Å². The van der Waals surface area contributed by atoms with Gasteiger partial charge in [-0.05, 0) is 48.4 Å². The molecule has 0 atom stereocenters. The summed E-state index contributed by atoms with van der Waals surface area (Å²) >= 11 is 6.35. The molecule has 0 bridgehead atoms. The summed E-state index contributed by atoms with van der Waals surface area (Å²) in [6.07, 6.45) is 3.07. The van der Waals surface area contributed by atoms with E-state index in [0.717, 1.165) is 16.7 Å². The third-order valence-corrected chi connectivity index (χ3v) is 5.78.